The highest BCUT2D eigenvalue weighted by Crippen LogP contribution is 2.32. The van der Waals surface area contributed by atoms with Crippen molar-refractivity contribution in [2.75, 3.05) is 32.5 Å². The average Bonchev–Trinajstić information content (AvgIpc) is 3.48. The molecule has 2 aromatic heterocycles. The SMILES string of the molecule is COC(=O)C(N)CCN(C/C=C/c1ccc(C#N)cc1)C[C@H]1O[C@@H](n2cnc3c(N)ncnc32)[C@H](O)[C@@H]1O. The number of esters is 1. The second-order valence-electron chi connectivity index (χ2n) is 8.94. The number of aliphatic hydroxyl groups is 2. The van der Waals surface area contributed by atoms with E-state index >= 15 is 0 Å². The molecule has 1 unspecified atom stereocenters. The Balaban J connectivity index is 1.48. The van der Waals surface area contributed by atoms with Gasteiger partial charge in [-0.1, -0.05) is 24.3 Å². The minimum absolute atomic E-state index is 0.195. The van der Waals surface area contributed by atoms with E-state index in [1.165, 1.54) is 24.3 Å². The van der Waals surface area contributed by atoms with Gasteiger partial charge in [0.2, 0.25) is 0 Å². The van der Waals surface area contributed by atoms with E-state index in [2.05, 4.69) is 21.0 Å². The molecule has 13 heteroatoms. The number of ether oxygens (including phenoxy) is 2. The van der Waals surface area contributed by atoms with Gasteiger partial charge >= 0.3 is 5.97 Å². The van der Waals surface area contributed by atoms with E-state index in [4.69, 9.17) is 26.2 Å². The normalized spacial score (nSPS) is 22.2. The summed E-state index contributed by atoms with van der Waals surface area (Å²) in [4.78, 5) is 26.1. The van der Waals surface area contributed by atoms with Crippen molar-refractivity contribution >= 4 is 29.0 Å². The smallest absolute Gasteiger partial charge is 0.322 e. The molecule has 1 aromatic carbocycles. The Morgan fingerprint density at radius 3 is 2.76 bits per heavy atom. The van der Waals surface area contributed by atoms with Gasteiger partial charge in [-0.3, -0.25) is 14.3 Å². The number of imidazole rings is 1. The van der Waals surface area contributed by atoms with Crippen LogP contribution in [-0.4, -0.2) is 91.7 Å². The standard InChI is InChI=1S/C25H30N8O5/c1-37-25(36)17(27)8-10-32(9-2-3-15-4-6-16(11-26)7-5-15)12-18-20(34)21(35)24(38-18)33-14-31-19-22(28)29-13-30-23(19)33/h2-7,13-14,17-18,20-21,24,34-35H,8-10,12,27H2,1H3,(H2,28,29,30)/b3-2+/t17?,18-,20-,21-,24-/m1/s1. The van der Waals surface area contributed by atoms with Crippen LogP contribution in [0.1, 0.15) is 23.8 Å². The Morgan fingerprint density at radius 2 is 2.05 bits per heavy atom. The molecular weight excluding hydrogens is 492 g/mol. The maximum Gasteiger partial charge on any atom is 0.322 e. The molecule has 1 aliphatic rings. The van der Waals surface area contributed by atoms with Crippen LogP contribution in [0.4, 0.5) is 5.82 Å². The number of fused-ring (bicyclic) bond motifs is 1. The highest BCUT2D eigenvalue weighted by Gasteiger charge is 2.44. The van der Waals surface area contributed by atoms with Crippen LogP contribution < -0.4 is 11.5 Å². The first-order chi connectivity index (χ1) is 18.3. The summed E-state index contributed by atoms with van der Waals surface area (Å²) in [5.41, 5.74) is 14.0. The minimum Gasteiger partial charge on any atom is -0.468 e. The first-order valence-corrected chi connectivity index (χ1v) is 12.0. The number of hydrogen-bond donors (Lipinski definition) is 4. The summed E-state index contributed by atoms with van der Waals surface area (Å²) in [7, 11) is 1.28. The molecule has 0 amide bonds. The van der Waals surface area contributed by atoms with E-state index in [1.54, 1.807) is 12.1 Å². The maximum absolute atomic E-state index is 11.8. The van der Waals surface area contributed by atoms with Gasteiger partial charge in [0.05, 0.1) is 25.1 Å². The van der Waals surface area contributed by atoms with Crippen molar-refractivity contribution in [1.29, 1.82) is 5.26 Å². The largest absolute Gasteiger partial charge is 0.468 e. The highest BCUT2D eigenvalue weighted by atomic mass is 16.6. The average molecular weight is 523 g/mol. The molecule has 38 heavy (non-hydrogen) atoms. The van der Waals surface area contributed by atoms with Crippen molar-refractivity contribution in [1.82, 2.24) is 24.4 Å². The zero-order valence-corrected chi connectivity index (χ0v) is 20.8. The molecule has 4 rings (SSSR count). The Labute approximate surface area is 218 Å². The first-order valence-electron chi connectivity index (χ1n) is 12.0. The number of carbonyl (C=O) groups is 1. The summed E-state index contributed by atoms with van der Waals surface area (Å²) in [6, 6.07) is 8.42. The quantitative estimate of drug-likeness (QED) is 0.256. The van der Waals surface area contributed by atoms with Crippen LogP contribution in [0.3, 0.4) is 0 Å². The number of nitrogens with zero attached hydrogens (tertiary/aromatic N) is 6. The van der Waals surface area contributed by atoms with Gasteiger partial charge in [-0.25, -0.2) is 15.0 Å². The molecule has 0 spiro atoms. The van der Waals surface area contributed by atoms with Gasteiger partial charge in [-0.15, -0.1) is 0 Å². The number of anilines is 1. The van der Waals surface area contributed by atoms with E-state index in [9.17, 15) is 15.0 Å². The Kier molecular flexibility index (Phi) is 8.62. The molecule has 3 aromatic rings. The van der Waals surface area contributed by atoms with Gasteiger partial charge in [-0.05, 0) is 24.1 Å². The molecule has 200 valence electrons. The number of methoxy groups -OCH3 is 1. The van der Waals surface area contributed by atoms with Crippen LogP contribution in [0.5, 0.6) is 0 Å². The summed E-state index contributed by atoms with van der Waals surface area (Å²) in [6.45, 7) is 1.09. The van der Waals surface area contributed by atoms with Crippen molar-refractivity contribution < 1.29 is 24.5 Å². The zero-order valence-electron chi connectivity index (χ0n) is 20.8. The summed E-state index contributed by atoms with van der Waals surface area (Å²) in [6.07, 6.45) is 2.71. The van der Waals surface area contributed by atoms with E-state index < -0.39 is 36.6 Å². The molecular formula is C25H30N8O5. The molecule has 0 aliphatic carbocycles. The van der Waals surface area contributed by atoms with Crippen molar-refractivity contribution in [2.24, 2.45) is 5.73 Å². The summed E-state index contributed by atoms with van der Waals surface area (Å²) in [5.74, 6) is -0.320. The number of hydrogen-bond acceptors (Lipinski definition) is 12. The lowest BCUT2D eigenvalue weighted by molar-refractivity contribution is -0.142. The summed E-state index contributed by atoms with van der Waals surface area (Å²) < 4.78 is 12.3. The van der Waals surface area contributed by atoms with Gasteiger partial charge in [0.25, 0.3) is 0 Å². The number of rotatable bonds is 10. The number of benzene rings is 1. The van der Waals surface area contributed by atoms with Crippen LogP contribution in [0.2, 0.25) is 0 Å². The third kappa shape index (κ3) is 5.96. The van der Waals surface area contributed by atoms with E-state index in [0.29, 0.717) is 36.2 Å². The van der Waals surface area contributed by atoms with Crippen molar-refractivity contribution in [2.45, 2.75) is 37.0 Å². The topological polar surface area (TPSA) is 199 Å². The molecule has 0 bridgehead atoms. The third-order valence-corrected chi connectivity index (χ3v) is 6.41. The third-order valence-electron chi connectivity index (χ3n) is 6.41. The number of aliphatic hydroxyl groups excluding tert-OH is 2. The van der Waals surface area contributed by atoms with Gasteiger partial charge < -0.3 is 31.2 Å². The van der Waals surface area contributed by atoms with E-state index in [0.717, 1.165) is 5.56 Å². The number of nitrogens with two attached hydrogens (primary N) is 2. The van der Waals surface area contributed by atoms with Crippen LogP contribution in [-0.2, 0) is 14.3 Å². The second-order valence-corrected chi connectivity index (χ2v) is 8.94. The van der Waals surface area contributed by atoms with Gasteiger partial charge in [0.1, 0.15) is 36.2 Å². The first kappa shape index (κ1) is 27.1. The summed E-state index contributed by atoms with van der Waals surface area (Å²) in [5, 5.41) is 30.6. The fraction of sp³-hybridized carbons (Fsp3) is 0.400. The summed E-state index contributed by atoms with van der Waals surface area (Å²) >= 11 is 0. The predicted molar refractivity (Wildman–Crippen MR) is 137 cm³/mol. The number of carbonyl (C=O) groups excluding carboxylic acids is 1. The zero-order chi connectivity index (χ0) is 27.2. The lowest BCUT2D eigenvalue weighted by Crippen LogP contribution is -2.42. The van der Waals surface area contributed by atoms with Gasteiger partial charge in [0, 0.05) is 19.6 Å². The minimum atomic E-state index is -1.25. The molecule has 13 nitrogen and oxygen atoms in total. The monoisotopic (exact) mass is 522 g/mol. The predicted octanol–water partition coefficient (Wildman–Crippen LogP) is -0.195. The van der Waals surface area contributed by atoms with Crippen LogP contribution >= 0.6 is 0 Å². The molecule has 1 saturated heterocycles. The molecule has 3 heterocycles. The Morgan fingerprint density at radius 1 is 1.29 bits per heavy atom. The Hall–Kier alpha value is -3.93. The molecule has 5 atom stereocenters. The molecule has 1 fully saturated rings. The molecule has 6 N–H and O–H groups in total. The Bertz CT molecular complexity index is 1320. The van der Waals surface area contributed by atoms with Crippen LogP contribution in [0, 0.1) is 11.3 Å². The molecule has 1 aliphatic heterocycles. The van der Waals surface area contributed by atoms with E-state index in [1.807, 2.05) is 29.2 Å². The number of nitriles is 1. The molecule has 0 saturated carbocycles. The highest BCUT2D eigenvalue weighted by molar-refractivity contribution is 5.81. The van der Waals surface area contributed by atoms with Crippen LogP contribution in [0.25, 0.3) is 17.2 Å². The lowest BCUT2D eigenvalue weighted by Gasteiger charge is -2.26. The molecule has 0 radical (unpaired) electrons. The van der Waals surface area contributed by atoms with Crippen molar-refractivity contribution in [3.8, 4) is 6.07 Å². The van der Waals surface area contributed by atoms with Crippen molar-refractivity contribution in [3.05, 3.63) is 54.1 Å². The maximum atomic E-state index is 11.8. The fourth-order valence-electron chi connectivity index (χ4n) is 4.28. The second kappa shape index (κ2) is 12.1. The van der Waals surface area contributed by atoms with E-state index in [-0.39, 0.29) is 12.4 Å². The number of aromatic nitrogens is 4. The lowest BCUT2D eigenvalue weighted by atomic mass is 10.1. The number of nitrogen functional groups attached to an aromatic ring is 1. The van der Waals surface area contributed by atoms with Crippen molar-refractivity contribution in [3.63, 3.8) is 0 Å². The van der Waals surface area contributed by atoms with Crippen LogP contribution in [0.15, 0.2) is 43.0 Å². The van der Waals surface area contributed by atoms with Gasteiger partial charge in [0.15, 0.2) is 17.7 Å². The van der Waals surface area contributed by atoms with Gasteiger partial charge in [-0.2, -0.15) is 5.26 Å². The fourth-order valence-corrected chi connectivity index (χ4v) is 4.28.